The largest absolute Gasteiger partial charge is 0.447 e. The summed E-state index contributed by atoms with van der Waals surface area (Å²) in [5.74, 6) is 1.30. The molecule has 0 bridgehead atoms. The van der Waals surface area contributed by atoms with Crippen molar-refractivity contribution in [3.8, 4) is 0 Å². The van der Waals surface area contributed by atoms with E-state index >= 15 is 0 Å². The highest BCUT2D eigenvalue weighted by Crippen LogP contribution is 2.28. The molecule has 16 heavy (non-hydrogen) atoms. The molecule has 1 aromatic heterocycles. The van der Waals surface area contributed by atoms with Crippen LogP contribution in [0.25, 0.3) is 0 Å². The quantitative estimate of drug-likeness (QED) is 0.831. The van der Waals surface area contributed by atoms with Gasteiger partial charge in [0, 0.05) is 12.5 Å². The van der Waals surface area contributed by atoms with E-state index in [2.05, 4.69) is 10.3 Å². The summed E-state index contributed by atoms with van der Waals surface area (Å²) in [5.41, 5.74) is 1.07. The lowest BCUT2D eigenvalue weighted by atomic mass is 9.99. The minimum Gasteiger partial charge on any atom is -0.447 e. The molecule has 2 atom stereocenters. The van der Waals surface area contributed by atoms with Crippen molar-refractivity contribution in [3.05, 3.63) is 17.8 Å². The first-order chi connectivity index (χ1) is 7.93. The molecule has 1 N–H and O–H groups in total. The van der Waals surface area contributed by atoms with Crippen molar-refractivity contribution in [3.63, 3.8) is 0 Å². The van der Waals surface area contributed by atoms with E-state index in [4.69, 9.17) is 9.15 Å². The lowest BCUT2D eigenvalue weighted by Crippen LogP contribution is -2.16. The van der Waals surface area contributed by atoms with Crippen LogP contribution < -0.4 is 5.32 Å². The zero-order valence-electron chi connectivity index (χ0n) is 9.45. The number of oxazole rings is 1. The summed E-state index contributed by atoms with van der Waals surface area (Å²) in [6, 6.07) is 0.332. The monoisotopic (exact) mass is 222 g/mol. The van der Waals surface area contributed by atoms with E-state index in [1.807, 2.05) is 6.26 Å². The fourth-order valence-electron chi connectivity index (χ4n) is 2.52. The molecule has 4 nitrogen and oxygen atoms in total. The Bertz CT molecular complexity index is 339. The van der Waals surface area contributed by atoms with Gasteiger partial charge in [0.1, 0.15) is 6.26 Å². The van der Waals surface area contributed by atoms with Crippen molar-refractivity contribution >= 4 is 0 Å². The second kappa shape index (κ2) is 4.55. The van der Waals surface area contributed by atoms with Gasteiger partial charge < -0.3 is 14.5 Å². The molecule has 0 aliphatic carbocycles. The molecule has 2 aliphatic rings. The summed E-state index contributed by atoms with van der Waals surface area (Å²) in [6.45, 7) is 2.77. The van der Waals surface area contributed by atoms with Gasteiger partial charge in [0.15, 0.2) is 0 Å². The number of hydrogen-bond donors (Lipinski definition) is 1. The van der Waals surface area contributed by atoms with E-state index in [1.165, 1.54) is 12.8 Å². The van der Waals surface area contributed by atoms with Crippen molar-refractivity contribution in [2.75, 3.05) is 19.8 Å². The standard InChI is InChI=1S/C12H18N2O2/c1-4-10(13-5-1)12-14-11(8-16-12)9-3-2-6-15-7-9/h8-10,13H,1-7H2. The third-order valence-electron chi connectivity index (χ3n) is 3.48. The maximum atomic E-state index is 5.57. The second-order valence-electron chi connectivity index (χ2n) is 4.67. The SMILES string of the molecule is c1oc(C2CCCN2)nc1C1CCCOC1. The molecule has 1 aromatic rings. The average Bonchev–Trinajstić information content (AvgIpc) is 3.01. The zero-order valence-corrected chi connectivity index (χ0v) is 9.45. The van der Waals surface area contributed by atoms with Crippen LogP contribution in [0.2, 0.25) is 0 Å². The lowest BCUT2D eigenvalue weighted by Gasteiger charge is -2.19. The van der Waals surface area contributed by atoms with Crippen LogP contribution in [0, 0.1) is 0 Å². The Morgan fingerprint density at radius 1 is 1.31 bits per heavy atom. The summed E-state index contributed by atoms with van der Waals surface area (Å²) < 4.78 is 11.0. The molecular weight excluding hydrogens is 204 g/mol. The van der Waals surface area contributed by atoms with Gasteiger partial charge in [0.2, 0.25) is 5.89 Å². The van der Waals surface area contributed by atoms with Crippen molar-refractivity contribution in [1.82, 2.24) is 10.3 Å². The molecule has 0 aromatic carbocycles. The summed E-state index contributed by atoms with van der Waals surface area (Å²) in [4.78, 5) is 4.61. The molecule has 2 unspecified atom stereocenters. The van der Waals surface area contributed by atoms with Crippen molar-refractivity contribution in [1.29, 1.82) is 0 Å². The molecule has 0 spiro atoms. The molecule has 0 radical (unpaired) electrons. The van der Waals surface area contributed by atoms with E-state index in [0.29, 0.717) is 12.0 Å². The molecule has 2 saturated heterocycles. The molecule has 4 heteroatoms. The van der Waals surface area contributed by atoms with Gasteiger partial charge in [-0.2, -0.15) is 0 Å². The van der Waals surface area contributed by atoms with E-state index < -0.39 is 0 Å². The number of nitrogens with zero attached hydrogens (tertiary/aromatic N) is 1. The highest BCUT2D eigenvalue weighted by atomic mass is 16.5. The van der Waals surface area contributed by atoms with E-state index in [1.54, 1.807) is 0 Å². The van der Waals surface area contributed by atoms with Crippen LogP contribution in [0.15, 0.2) is 10.7 Å². The molecule has 2 fully saturated rings. The molecule has 0 amide bonds. The Hall–Kier alpha value is -0.870. The Labute approximate surface area is 95.4 Å². The topological polar surface area (TPSA) is 47.3 Å². The van der Waals surface area contributed by atoms with Crippen LogP contribution in [0.5, 0.6) is 0 Å². The minimum absolute atomic E-state index is 0.332. The van der Waals surface area contributed by atoms with Gasteiger partial charge in [-0.25, -0.2) is 4.98 Å². The van der Waals surface area contributed by atoms with Crippen molar-refractivity contribution in [2.45, 2.75) is 37.6 Å². The molecular formula is C12H18N2O2. The Balaban J connectivity index is 1.71. The number of rotatable bonds is 2. The van der Waals surface area contributed by atoms with Gasteiger partial charge in [-0.3, -0.25) is 0 Å². The fourth-order valence-corrected chi connectivity index (χ4v) is 2.52. The van der Waals surface area contributed by atoms with Crippen LogP contribution in [0.4, 0.5) is 0 Å². The highest BCUT2D eigenvalue weighted by molar-refractivity contribution is 5.07. The first-order valence-corrected chi connectivity index (χ1v) is 6.20. The first kappa shape index (κ1) is 10.3. The Morgan fingerprint density at radius 2 is 2.31 bits per heavy atom. The lowest BCUT2D eigenvalue weighted by molar-refractivity contribution is 0.0792. The van der Waals surface area contributed by atoms with Crippen LogP contribution in [-0.2, 0) is 4.74 Å². The second-order valence-corrected chi connectivity index (χ2v) is 4.67. The molecule has 88 valence electrons. The third kappa shape index (κ3) is 1.99. The van der Waals surface area contributed by atoms with Crippen molar-refractivity contribution < 1.29 is 9.15 Å². The zero-order chi connectivity index (χ0) is 10.8. The molecule has 3 rings (SSSR count). The van der Waals surface area contributed by atoms with E-state index in [9.17, 15) is 0 Å². The van der Waals surface area contributed by atoms with E-state index in [-0.39, 0.29) is 0 Å². The number of nitrogens with one attached hydrogen (secondary N) is 1. The number of ether oxygens (including phenoxy) is 1. The summed E-state index contributed by atoms with van der Waals surface area (Å²) in [7, 11) is 0. The first-order valence-electron chi connectivity index (χ1n) is 6.20. The maximum Gasteiger partial charge on any atom is 0.211 e. The summed E-state index contributed by atoms with van der Waals surface area (Å²) in [5, 5.41) is 3.40. The average molecular weight is 222 g/mol. The van der Waals surface area contributed by atoms with Gasteiger partial charge in [-0.15, -0.1) is 0 Å². The maximum absolute atomic E-state index is 5.57. The van der Waals surface area contributed by atoms with Crippen LogP contribution in [0.1, 0.15) is 49.2 Å². The summed E-state index contributed by atoms with van der Waals surface area (Å²) in [6.07, 6.45) is 6.48. The third-order valence-corrected chi connectivity index (χ3v) is 3.48. The predicted molar refractivity (Wildman–Crippen MR) is 59.3 cm³/mol. The van der Waals surface area contributed by atoms with Gasteiger partial charge in [0.25, 0.3) is 0 Å². The normalized spacial score (nSPS) is 30.8. The van der Waals surface area contributed by atoms with Crippen LogP contribution >= 0.6 is 0 Å². The molecule has 2 aliphatic heterocycles. The minimum atomic E-state index is 0.332. The van der Waals surface area contributed by atoms with Gasteiger partial charge >= 0.3 is 0 Å². The number of hydrogen-bond acceptors (Lipinski definition) is 4. The molecule has 3 heterocycles. The van der Waals surface area contributed by atoms with Crippen LogP contribution in [-0.4, -0.2) is 24.7 Å². The Morgan fingerprint density at radius 3 is 3.06 bits per heavy atom. The fraction of sp³-hybridized carbons (Fsp3) is 0.750. The Kier molecular flexibility index (Phi) is 2.93. The number of aromatic nitrogens is 1. The highest BCUT2D eigenvalue weighted by Gasteiger charge is 2.24. The van der Waals surface area contributed by atoms with Gasteiger partial charge in [0.05, 0.1) is 18.3 Å². The molecule has 0 saturated carbocycles. The van der Waals surface area contributed by atoms with Crippen molar-refractivity contribution in [2.24, 2.45) is 0 Å². The smallest absolute Gasteiger partial charge is 0.211 e. The van der Waals surface area contributed by atoms with Gasteiger partial charge in [-0.05, 0) is 32.2 Å². The predicted octanol–water partition coefficient (Wildman–Crippen LogP) is 1.99. The van der Waals surface area contributed by atoms with Gasteiger partial charge in [-0.1, -0.05) is 0 Å². The van der Waals surface area contributed by atoms with E-state index in [0.717, 1.165) is 44.2 Å². The summed E-state index contributed by atoms with van der Waals surface area (Å²) >= 11 is 0. The van der Waals surface area contributed by atoms with Crippen LogP contribution in [0.3, 0.4) is 0 Å².